The molecule has 0 spiro atoms. The van der Waals surface area contributed by atoms with Crippen LogP contribution in [0.5, 0.6) is 11.5 Å². The molecule has 0 fully saturated rings. The Balaban J connectivity index is 1.45. The molecule has 222 valence electrons. The van der Waals surface area contributed by atoms with Gasteiger partial charge in [0.05, 0.1) is 7.11 Å². The molecule has 7 rings (SSSR count). The summed E-state index contributed by atoms with van der Waals surface area (Å²) in [6.45, 7) is 8.42. The molecule has 5 aromatic rings. The standard InChI is InChI=1S/C40H39NO3/c1-5-25-41(26-6-2)29-19-15-27(16-20-29)40(28-17-21-30(43-4)22-18-28)24-23-34-37-36(31-11-7-8-12-32(31)38(34)44-40)33-13-9-10-14-35(33)39(37,3)42/h7-24,42H,5-6,25-26H2,1-4H3. The Morgan fingerprint density at radius 2 is 1.39 bits per heavy atom. The molecule has 0 radical (unpaired) electrons. The fraction of sp³-hybridized carbons (Fsp3) is 0.250. The Morgan fingerprint density at radius 3 is 2.05 bits per heavy atom. The van der Waals surface area contributed by atoms with Gasteiger partial charge in [-0.25, -0.2) is 0 Å². The summed E-state index contributed by atoms with van der Waals surface area (Å²) in [7, 11) is 1.69. The van der Waals surface area contributed by atoms with Crippen LogP contribution in [0.2, 0.25) is 0 Å². The molecule has 0 saturated carbocycles. The van der Waals surface area contributed by atoms with E-state index in [9.17, 15) is 5.11 Å². The molecular formula is C40H39NO3. The summed E-state index contributed by atoms with van der Waals surface area (Å²) >= 11 is 0. The molecule has 0 amide bonds. The lowest BCUT2D eigenvalue weighted by atomic mass is 9.80. The first-order valence-corrected chi connectivity index (χ1v) is 15.7. The molecule has 2 unspecified atom stereocenters. The predicted molar refractivity (Wildman–Crippen MR) is 181 cm³/mol. The zero-order valence-corrected chi connectivity index (χ0v) is 25.9. The number of hydrogen-bond acceptors (Lipinski definition) is 4. The third-order valence-electron chi connectivity index (χ3n) is 9.33. The van der Waals surface area contributed by atoms with Crippen LogP contribution in [-0.2, 0) is 11.2 Å². The smallest absolute Gasteiger partial charge is 0.178 e. The third-order valence-corrected chi connectivity index (χ3v) is 9.33. The molecule has 4 nitrogen and oxygen atoms in total. The summed E-state index contributed by atoms with van der Waals surface area (Å²) in [4.78, 5) is 2.45. The van der Waals surface area contributed by atoms with Gasteiger partial charge in [0, 0.05) is 46.4 Å². The zero-order valence-electron chi connectivity index (χ0n) is 25.9. The van der Waals surface area contributed by atoms with E-state index in [2.05, 4.69) is 97.6 Å². The van der Waals surface area contributed by atoms with Crippen LogP contribution in [0.4, 0.5) is 5.69 Å². The summed E-state index contributed by atoms with van der Waals surface area (Å²) in [5.74, 6) is 1.58. The van der Waals surface area contributed by atoms with E-state index in [4.69, 9.17) is 9.47 Å². The second-order valence-corrected chi connectivity index (χ2v) is 12.1. The van der Waals surface area contributed by atoms with Gasteiger partial charge in [0.25, 0.3) is 0 Å². The molecule has 1 N–H and O–H groups in total. The Morgan fingerprint density at radius 1 is 0.773 bits per heavy atom. The Bertz CT molecular complexity index is 1860. The fourth-order valence-corrected chi connectivity index (χ4v) is 7.28. The van der Waals surface area contributed by atoms with Crippen molar-refractivity contribution in [1.82, 2.24) is 0 Å². The van der Waals surface area contributed by atoms with Gasteiger partial charge >= 0.3 is 0 Å². The Labute approximate surface area is 260 Å². The number of hydrogen-bond donors (Lipinski definition) is 1. The summed E-state index contributed by atoms with van der Waals surface area (Å²) in [5, 5.41) is 14.2. The van der Waals surface area contributed by atoms with Gasteiger partial charge < -0.3 is 19.5 Å². The van der Waals surface area contributed by atoms with Gasteiger partial charge in [-0.05, 0) is 72.2 Å². The first kappa shape index (κ1) is 28.2. The van der Waals surface area contributed by atoms with Crippen LogP contribution < -0.4 is 14.4 Å². The molecule has 44 heavy (non-hydrogen) atoms. The number of nitrogens with zero attached hydrogens (tertiary/aromatic N) is 1. The maximum Gasteiger partial charge on any atom is 0.178 e. The van der Waals surface area contributed by atoms with Crippen LogP contribution in [-0.4, -0.2) is 25.3 Å². The van der Waals surface area contributed by atoms with Crippen LogP contribution >= 0.6 is 0 Å². The largest absolute Gasteiger partial charge is 0.497 e. The lowest BCUT2D eigenvalue weighted by Gasteiger charge is -2.38. The van der Waals surface area contributed by atoms with E-state index in [0.717, 1.165) is 87.1 Å². The van der Waals surface area contributed by atoms with Crippen molar-refractivity contribution in [3.63, 3.8) is 0 Å². The molecule has 1 aliphatic heterocycles. The molecule has 1 heterocycles. The molecule has 2 aliphatic rings. The topological polar surface area (TPSA) is 41.9 Å². The van der Waals surface area contributed by atoms with E-state index in [-0.39, 0.29) is 0 Å². The van der Waals surface area contributed by atoms with Gasteiger partial charge in [-0.1, -0.05) is 92.7 Å². The van der Waals surface area contributed by atoms with E-state index in [1.807, 2.05) is 37.3 Å². The quantitative estimate of drug-likeness (QED) is 0.199. The van der Waals surface area contributed by atoms with Crippen LogP contribution in [0.1, 0.15) is 61.4 Å². The van der Waals surface area contributed by atoms with Gasteiger partial charge in [-0.2, -0.15) is 0 Å². The number of methoxy groups -OCH3 is 1. The number of ether oxygens (including phenoxy) is 2. The van der Waals surface area contributed by atoms with Gasteiger partial charge in [0.1, 0.15) is 17.1 Å². The van der Waals surface area contributed by atoms with Gasteiger partial charge in [-0.15, -0.1) is 0 Å². The highest BCUT2D eigenvalue weighted by atomic mass is 16.5. The number of benzene rings is 5. The molecule has 5 aromatic carbocycles. The average molecular weight is 582 g/mol. The van der Waals surface area contributed by atoms with Crippen molar-refractivity contribution in [2.75, 3.05) is 25.1 Å². The first-order valence-electron chi connectivity index (χ1n) is 15.7. The van der Waals surface area contributed by atoms with Crippen LogP contribution in [0.25, 0.3) is 28.0 Å². The molecule has 0 aromatic heterocycles. The van der Waals surface area contributed by atoms with E-state index < -0.39 is 11.2 Å². The van der Waals surface area contributed by atoms with Crippen LogP contribution in [0.3, 0.4) is 0 Å². The van der Waals surface area contributed by atoms with Crippen molar-refractivity contribution in [2.45, 2.75) is 44.8 Å². The summed E-state index contributed by atoms with van der Waals surface area (Å²) in [6, 6.07) is 33.6. The Kier molecular flexibility index (Phi) is 6.98. The highest BCUT2D eigenvalue weighted by Gasteiger charge is 2.45. The number of anilines is 1. The van der Waals surface area contributed by atoms with Crippen molar-refractivity contribution >= 4 is 22.5 Å². The Hall–Kier alpha value is -4.54. The molecule has 4 heteroatoms. The number of fused-ring (bicyclic) bond motifs is 8. The first-order chi connectivity index (χ1) is 21.4. The number of aliphatic hydroxyl groups is 1. The maximum atomic E-state index is 12.1. The number of rotatable bonds is 8. The molecule has 2 atom stereocenters. The second kappa shape index (κ2) is 10.9. The lowest BCUT2D eigenvalue weighted by molar-refractivity contribution is 0.105. The van der Waals surface area contributed by atoms with Gasteiger partial charge in [0.15, 0.2) is 5.60 Å². The highest BCUT2D eigenvalue weighted by molar-refractivity contribution is 6.08. The molecule has 1 aliphatic carbocycles. The summed E-state index contributed by atoms with van der Waals surface area (Å²) < 4.78 is 12.8. The summed E-state index contributed by atoms with van der Waals surface area (Å²) in [6.07, 6.45) is 6.54. The normalized spacial score (nSPS) is 19.7. The highest BCUT2D eigenvalue weighted by Crippen LogP contribution is 2.57. The second-order valence-electron chi connectivity index (χ2n) is 12.1. The van der Waals surface area contributed by atoms with Crippen LogP contribution in [0.15, 0.2) is 103 Å². The minimum atomic E-state index is -1.16. The van der Waals surface area contributed by atoms with E-state index in [1.54, 1.807) is 7.11 Å². The maximum absolute atomic E-state index is 12.1. The minimum absolute atomic E-state index is 0.786. The van der Waals surface area contributed by atoms with Crippen LogP contribution in [0, 0.1) is 0 Å². The van der Waals surface area contributed by atoms with E-state index >= 15 is 0 Å². The molecular weight excluding hydrogens is 542 g/mol. The SMILES string of the molecule is CCCN(CCC)c1ccc(C2(c3ccc(OC)cc3)C=Cc3c4c(c5ccccc5c3O2)-c2ccccc2C4(C)O)cc1. The monoisotopic (exact) mass is 581 g/mol. The van der Waals surface area contributed by atoms with Crippen molar-refractivity contribution in [3.8, 4) is 22.6 Å². The fourth-order valence-electron chi connectivity index (χ4n) is 7.28. The molecule has 0 saturated heterocycles. The van der Waals surface area contributed by atoms with Gasteiger partial charge in [-0.3, -0.25) is 0 Å². The third kappa shape index (κ3) is 4.23. The lowest BCUT2D eigenvalue weighted by Crippen LogP contribution is -2.35. The van der Waals surface area contributed by atoms with Crippen molar-refractivity contribution in [3.05, 3.63) is 131 Å². The molecule has 0 bridgehead atoms. The predicted octanol–water partition coefficient (Wildman–Crippen LogP) is 9.06. The zero-order chi connectivity index (χ0) is 30.5. The van der Waals surface area contributed by atoms with Crippen molar-refractivity contribution < 1.29 is 14.6 Å². The van der Waals surface area contributed by atoms with E-state index in [0.29, 0.717) is 0 Å². The average Bonchev–Trinajstić information content (AvgIpc) is 3.31. The van der Waals surface area contributed by atoms with E-state index in [1.165, 1.54) is 5.69 Å². The van der Waals surface area contributed by atoms with Crippen molar-refractivity contribution in [1.29, 1.82) is 0 Å². The van der Waals surface area contributed by atoms with Crippen molar-refractivity contribution in [2.24, 2.45) is 0 Å². The summed E-state index contributed by atoms with van der Waals surface area (Å²) in [5.41, 5.74) is 6.15. The van der Waals surface area contributed by atoms with Gasteiger partial charge in [0.2, 0.25) is 0 Å². The minimum Gasteiger partial charge on any atom is -0.497 e.